The van der Waals surface area contributed by atoms with Crippen LogP contribution in [0.15, 0.2) is 47.6 Å². The molecule has 0 spiro atoms. The number of nitrogens with one attached hydrogen (secondary N) is 1. The number of ether oxygens (including phenoxy) is 1. The number of aromatic nitrogens is 2. The van der Waals surface area contributed by atoms with Gasteiger partial charge < -0.3 is 4.74 Å². The third kappa shape index (κ3) is 5.02. The van der Waals surface area contributed by atoms with Crippen LogP contribution in [0.3, 0.4) is 0 Å². The van der Waals surface area contributed by atoms with E-state index in [0.717, 1.165) is 5.56 Å². The van der Waals surface area contributed by atoms with E-state index in [1.54, 1.807) is 18.5 Å². The van der Waals surface area contributed by atoms with E-state index in [-0.39, 0.29) is 12.6 Å². The van der Waals surface area contributed by atoms with Gasteiger partial charge >= 0.3 is 6.09 Å². The lowest BCUT2D eigenvalue weighted by molar-refractivity contribution is 0.155. The third-order valence-electron chi connectivity index (χ3n) is 2.51. The standard InChI is InChI=1S/C15H16N4O2/c1-2-16-10-13-8-9-17-14(18-13)19-15(20)21-11-12-6-4-3-5-7-12/h3-10H,2,11H2,1H3,(H,17,18,19,20). The number of benzene rings is 1. The molecule has 0 bridgehead atoms. The molecule has 1 amide bonds. The lowest BCUT2D eigenvalue weighted by Crippen LogP contribution is -2.15. The molecule has 2 aromatic rings. The van der Waals surface area contributed by atoms with Crippen LogP contribution in [0.2, 0.25) is 0 Å². The fraction of sp³-hybridized carbons (Fsp3) is 0.200. The summed E-state index contributed by atoms with van der Waals surface area (Å²) in [5.41, 5.74) is 1.54. The molecule has 6 nitrogen and oxygen atoms in total. The predicted octanol–water partition coefficient (Wildman–Crippen LogP) is 2.66. The van der Waals surface area contributed by atoms with Gasteiger partial charge in [0.25, 0.3) is 0 Å². The van der Waals surface area contributed by atoms with E-state index in [1.165, 1.54) is 0 Å². The van der Waals surface area contributed by atoms with Crippen LogP contribution in [-0.4, -0.2) is 28.8 Å². The number of amides is 1. The van der Waals surface area contributed by atoms with Crippen LogP contribution in [0.1, 0.15) is 18.2 Å². The number of nitrogens with zero attached hydrogens (tertiary/aromatic N) is 3. The summed E-state index contributed by atoms with van der Waals surface area (Å²) < 4.78 is 5.09. The Kier molecular flexibility index (Phi) is 5.40. The number of carbonyl (C=O) groups is 1. The Morgan fingerprint density at radius 1 is 1.33 bits per heavy atom. The zero-order valence-corrected chi connectivity index (χ0v) is 11.7. The highest BCUT2D eigenvalue weighted by atomic mass is 16.5. The van der Waals surface area contributed by atoms with Crippen LogP contribution in [0.5, 0.6) is 0 Å². The number of carbonyl (C=O) groups excluding carboxylic acids is 1. The minimum Gasteiger partial charge on any atom is -0.444 e. The second kappa shape index (κ2) is 7.74. The second-order valence-electron chi connectivity index (χ2n) is 4.12. The summed E-state index contributed by atoms with van der Waals surface area (Å²) >= 11 is 0. The van der Waals surface area contributed by atoms with Crippen molar-refractivity contribution in [2.75, 3.05) is 11.9 Å². The van der Waals surface area contributed by atoms with Crippen LogP contribution in [0, 0.1) is 0 Å². The molecule has 0 saturated heterocycles. The minimum absolute atomic E-state index is 0.188. The topological polar surface area (TPSA) is 76.5 Å². The smallest absolute Gasteiger partial charge is 0.414 e. The van der Waals surface area contributed by atoms with Crippen molar-refractivity contribution in [1.82, 2.24) is 9.97 Å². The largest absolute Gasteiger partial charge is 0.444 e. The van der Waals surface area contributed by atoms with Crippen LogP contribution in [-0.2, 0) is 11.3 Å². The molecule has 0 aliphatic heterocycles. The highest BCUT2D eigenvalue weighted by Crippen LogP contribution is 2.03. The first-order valence-corrected chi connectivity index (χ1v) is 6.58. The Morgan fingerprint density at radius 2 is 2.14 bits per heavy atom. The Morgan fingerprint density at radius 3 is 2.90 bits per heavy atom. The van der Waals surface area contributed by atoms with E-state index < -0.39 is 6.09 Å². The number of hydrogen-bond acceptors (Lipinski definition) is 5. The first-order valence-electron chi connectivity index (χ1n) is 6.58. The van der Waals surface area contributed by atoms with Crippen molar-refractivity contribution in [2.24, 2.45) is 4.99 Å². The maximum Gasteiger partial charge on any atom is 0.414 e. The van der Waals surface area contributed by atoms with Crippen molar-refractivity contribution in [3.05, 3.63) is 53.9 Å². The normalized spacial score (nSPS) is 10.5. The van der Waals surface area contributed by atoms with Crippen molar-refractivity contribution < 1.29 is 9.53 Å². The zero-order valence-electron chi connectivity index (χ0n) is 11.7. The van der Waals surface area contributed by atoms with Crippen molar-refractivity contribution in [3.8, 4) is 0 Å². The lowest BCUT2D eigenvalue weighted by Gasteiger charge is -2.06. The maximum atomic E-state index is 11.7. The van der Waals surface area contributed by atoms with Gasteiger partial charge in [-0.05, 0) is 18.6 Å². The molecule has 0 atom stereocenters. The van der Waals surface area contributed by atoms with E-state index in [4.69, 9.17) is 4.74 Å². The first-order chi connectivity index (χ1) is 10.3. The third-order valence-corrected chi connectivity index (χ3v) is 2.51. The van der Waals surface area contributed by atoms with Gasteiger partial charge in [-0.2, -0.15) is 0 Å². The van der Waals surface area contributed by atoms with E-state index >= 15 is 0 Å². The molecule has 1 heterocycles. The highest BCUT2D eigenvalue weighted by molar-refractivity contribution is 5.83. The molecule has 0 aliphatic rings. The molecule has 0 radical (unpaired) electrons. The van der Waals surface area contributed by atoms with Gasteiger partial charge in [-0.25, -0.2) is 14.8 Å². The SMILES string of the molecule is CCN=Cc1ccnc(NC(=O)OCc2ccccc2)n1. The molecule has 21 heavy (non-hydrogen) atoms. The monoisotopic (exact) mass is 284 g/mol. The predicted molar refractivity (Wildman–Crippen MR) is 80.4 cm³/mol. The summed E-state index contributed by atoms with van der Waals surface area (Å²) in [6, 6.07) is 11.1. The molecule has 2 rings (SSSR count). The van der Waals surface area contributed by atoms with Gasteiger partial charge in [0, 0.05) is 19.0 Å². The Hall–Kier alpha value is -2.76. The van der Waals surface area contributed by atoms with Crippen molar-refractivity contribution in [1.29, 1.82) is 0 Å². The molecular weight excluding hydrogens is 268 g/mol. The molecule has 0 unspecified atom stereocenters. The zero-order chi connectivity index (χ0) is 14.9. The first kappa shape index (κ1) is 14.6. The molecular formula is C15H16N4O2. The van der Waals surface area contributed by atoms with Gasteiger partial charge in [-0.15, -0.1) is 0 Å². The quantitative estimate of drug-likeness (QED) is 0.856. The molecule has 1 aromatic heterocycles. The lowest BCUT2D eigenvalue weighted by atomic mass is 10.2. The maximum absolute atomic E-state index is 11.7. The summed E-state index contributed by atoms with van der Waals surface area (Å²) in [6.45, 7) is 2.80. The van der Waals surface area contributed by atoms with Gasteiger partial charge in [0.1, 0.15) is 6.61 Å². The minimum atomic E-state index is -0.594. The van der Waals surface area contributed by atoms with Gasteiger partial charge in [0.15, 0.2) is 0 Å². The molecule has 1 aromatic carbocycles. The fourth-order valence-electron chi connectivity index (χ4n) is 1.54. The average Bonchev–Trinajstić information content (AvgIpc) is 2.52. The molecule has 6 heteroatoms. The summed E-state index contributed by atoms with van der Waals surface area (Å²) in [4.78, 5) is 23.8. The Labute approximate surface area is 122 Å². The number of aliphatic imine (C=N–C) groups is 1. The average molecular weight is 284 g/mol. The van der Waals surface area contributed by atoms with Gasteiger partial charge in [-0.1, -0.05) is 30.3 Å². The molecule has 108 valence electrons. The van der Waals surface area contributed by atoms with Crippen LogP contribution < -0.4 is 5.32 Å². The number of rotatable bonds is 5. The second-order valence-corrected chi connectivity index (χ2v) is 4.12. The fourth-order valence-corrected chi connectivity index (χ4v) is 1.54. The van der Waals surface area contributed by atoms with Crippen molar-refractivity contribution in [3.63, 3.8) is 0 Å². The van der Waals surface area contributed by atoms with E-state index in [2.05, 4.69) is 20.3 Å². The Balaban J connectivity index is 1.89. The summed E-state index contributed by atoms with van der Waals surface area (Å²) in [6.07, 6.45) is 2.59. The highest BCUT2D eigenvalue weighted by Gasteiger charge is 2.06. The van der Waals surface area contributed by atoms with Gasteiger partial charge in [0.2, 0.25) is 5.95 Å². The number of anilines is 1. The molecule has 1 N–H and O–H groups in total. The summed E-state index contributed by atoms with van der Waals surface area (Å²) in [5.74, 6) is 0.188. The van der Waals surface area contributed by atoms with Crippen LogP contribution >= 0.6 is 0 Å². The van der Waals surface area contributed by atoms with E-state index in [9.17, 15) is 4.79 Å². The molecule has 0 saturated carbocycles. The summed E-state index contributed by atoms with van der Waals surface area (Å²) in [7, 11) is 0. The van der Waals surface area contributed by atoms with Gasteiger partial charge in [-0.3, -0.25) is 10.3 Å². The van der Waals surface area contributed by atoms with Gasteiger partial charge in [0.05, 0.1) is 5.69 Å². The summed E-state index contributed by atoms with van der Waals surface area (Å²) in [5, 5.41) is 2.48. The van der Waals surface area contributed by atoms with E-state index in [0.29, 0.717) is 12.2 Å². The van der Waals surface area contributed by atoms with Crippen LogP contribution in [0.4, 0.5) is 10.7 Å². The van der Waals surface area contributed by atoms with Crippen molar-refractivity contribution in [2.45, 2.75) is 13.5 Å². The molecule has 0 aliphatic carbocycles. The van der Waals surface area contributed by atoms with Crippen molar-refractivity contribution >= 4 is 18.3 Å². The Bertz CT molecular complexity index is 614. The molecule has 0 fully saturated rings. The van der Waals surface area contributed by atoms with Crippen LogP contribution in [0.25, 0.3) is 0 Å². The number of hydrogen-bond donors (Lipinski definition) is 1. The van der Waals surface area contributed by atoms with E-state index in [1.807, 2.05) is 37.3 Å².